The summed E-state index contributed by atoms with van der Waals surface area (Å²) in [6, 6.07) is 5.63. The molecule has 1 aromatic carbocycles. The van der Waals surface area contributed by atoms with Crippen molar-refractivity contribution in [1.29, 1.82) is 0 Å². The van der Waals surface area contributed by atoms with Crippen molar-refractivity contribution in [3.63, 3.8) is 0 Å². The molecule has 0 bridgehead atoms. The lowest BCUT2D eigenvalue weighted by molar-refractivity contribution is -0.384. The highest BCUT2D eigenvalue weighted by atomic mass is 16.6. The quantitative estimate of drug-likeness (QED) is 0.650. The molecule has 2 amide bonds. The Labute approximate surface area is 109 Å². The number of amides is 2. The fourth-order valence-corrected chi connectivity index (χ4v) is 1.81. The number of benzene rings is 1. The van der Waals surface area contributed by atoms with Gasteiger partial charge in [-0.3, -0.25) is 19.7 Å². The van der Waals surface area contributed by atoms with Gasteiger partial charge in [-0.15, -0.1) is 0 Å². The lowest BCUT2D eigenvalue weighted by Crippen LogP contribution is -2.53. The molecule has 1 aliphatic rings. The number of nitro benzene ring substituents is 1. The van der Waals surface area contributed by atoms with E-state index in [1.54, 1.807) is 4.90 Å². The first kappa shape index (κ1) is 13.0. The zero-order chi connectivity index (χ0) is 14.0. The second kappa shape index (κ2) is 5.05. The Morgan fingerprint density at radius 1 is 1.32 bits per heavy atom. The highest BCUT2D eigenvalue weighted by molar-refractivity contribution is 5.94. The molecule has 0 atom stereocenters. The first-order valence-electron chi connectivity index (χ1n) is 5.78. The number of carbonyl (C=O) groups excluding carboxylic acids is 2. The molecule has 0 aromatic heterocycles. The first-order valence-corrected chi connectivity index (χ1v) is 5.78. The minimum absolute atomic E-state index is 0.0237. The van der Waals surface area contributed by atoms with E-state index >= 15 is 0 Å². The van der Waals surface area contributed by atoms with Crippen LogP contribution in [0.1, 0.15) is 6.92 Å². The minimum Gasteiger partial charge on any atom is -0.341 e. The van der Waals surface area contributed by atoms with E-state index in [1.807, 2.05) is 0 Å². The van der Waals surface area contributed by atoms with E-state index < -0.39 is 4.92 Å². The average molecular weight is 263 g/mol. The molecule has 0 radical (unpaired) electrons. The third-order valence-corrected chi connectivity index (χ3v) is 3.04. The van der Waals surface area contributed by atoms with Crippen LogP contribution in [-0.2, 0) is 9.59 Å². The molecule has 19 heavy (non-hydrogen) atoms. The van der Waals surface area contributed by atoms with Gasteiger partial charge in [-0.1, -0.05) is 0 Å². The molecule has 1 saturated heterocycles. The Morgan fingerprint density at radius 2 is 1.89 bits per heavy atom. The van der Waals surface area contributed by atoms with Crippen LogP contribution in [0, 0.1) is 16.0 Å². The number of carbonyl (C=O) groups is 2. The van der Waals surface area contributed by atoms with Crippen molar-refractivity contribution >= 4 is 23.2 Å². The molecule has 0 aliphatic carbocycles. The molecule has 100 valence electrons. The second-order valence-corrected chi connectivity index (χ2v) is 4.41. The van der Waals surface area contributed by atoms with Crippen molar-refractivity contribution < 1.29 is 14.5 Å². The van der Waals surface area contributed by atoms with Gasteiger partial charge in [-0.2, -0.15) is 0 Å². The molecule has 2 rings (SSSR count). The van der Waals surface area contributed by atoms with Crippen molar-refractivity contribution in [2.45, 2.75) is 6.92 Å². The molecule has 0 saturated carbocycles. The summed E-state index contributed by atoms with van der Waals surface area (Å²) in [6.45, 7) is 2.31. The van der Waals surface area contributed by atoms with Gasteiger partial charge < -0.3 is 10.2 Å². The largest absolute Gasteiger partial charge is 0.341 e. The molecule has 1 heterocycles. The van der Waals surface area contributed by atoms with Crippen molar-refractivity contribution in [2.24, 2.45) is 5.92 Å². The number of nitrogens with zero attached hydrogens (tertiary/aromatic N) is 2. The van der Waals surface area contributed by atoms with Crippen LogP contribution in [0.15, 0.2) is 24.3 Å². The van der Waals surface area contributed by atoms with Crippen LogP contribution in [0.3, 0.4) is 0 Å². The molecule has 0 spiro atoms. The van der Waals surface area contributed by atoms with Gasteiger partial charge in [0.25, 0.3) is 5.69 Å². The molecular formula is C12H13N3O4. The maximum Gasteiger partial charge on any atom is 0.269 e. The van der Waals surface area contributed by atoms with Crippen LogP contribution >= 0.6 is 0 Å². The van der Waals surface area contributed by atoms with Crippen LogP contribution in [0.5, 0.6) is 0 Å². The Hall–Kier alpha value is -2.44. The predicted octanol–water partition coefficient (Wildman–Crippen LogP) is 1.01. The normalized spacial score (nSPS) is 14.7. The van der Waals surface area contributed by atoms with E-state index in [4.69, 9.17) is 0 Å². The topological polar surface area (TPSA) is 92.6 Å². The van der Waals surface area contributed by atoms with Crippen LogP contribution in [0.25, 0.3) is 0 Å². The smallest absolute Gasteiger partial charge is 0.269 e. The zero-order valence-electron chi connectivity index (χ0n) is 10.3. The van der Waals surface area contributed by atoms with E-state index in [-0.39, 0.29) is 23.4 Å². The van der Waals surface area contributed by atoms with Crippen LogP contribution in [0.2, 0.25) is 0 Å². The Balaban J connectivity index is 1.89. The summed E-state index contributed by atoms with van der Waals surface area (Å²) in [6.07, 6.45) is 0. The monoisotopic (exact) mass is 263 g/mol. The van der Waals surface area contributed by atoms with Gasteiger partial charge >= 0.3 is 0 Å². The number of nitrogens with one attached hydrogen (secondary N) is 1. The van der Waals surface area contributed by atoms with Crippen molar-refractivity contribution in [2.75, 3.05) is 18.4 Å². The zero-order valence-corrected chi connectivity index (χ0v) is 10.3. The molecule has 1 aliphatic heterocycles. The predicted molar refractivity (Wildman–Crippen MR) is 67.5 cm³/mol. The third-order valence-electron chi connectivity index (χ3n) is 3.04. The lowest BCUT2D eigenvalue weighted by atomic mass is 9.99. The van der Waals surface area contributed by atoms with Crippen LogP contribution in [0.4, 0.5) is 11.4 Å². The fraction of sp³-hybridized carbons (Fsp3) is 0.333. The summed E-state index contributed by atoms with van der Waals surface area (Å²) in [5.74, 6) is -0.426. The summed E-state index contributed by atoms with van der Waals surface area (Å²) in [7, 11) is 0. The molecule has 1 fully saturated rings. The minimum atomic E-state index is -0.498. The number of non-ortho nitro benzene ring substituents is 1. The van der Waals surface area contributed by atoms with Gasteiger partial charge in [-0.25, -0.2) is 0 Å². The lowest BCUT2D eigenvalue weighted by Gasteiger charge is -2.37. The van der Waals surface area contributed by atoms with Gasteiger partial charge in [0.2, 0.25) is 11.8 Å². The highest BCUT2D eigenvalue weighted by Crippen LogP contribution is 2.19. The second-order valence-electron chi connectivity index (χ2n) is 4.41. The third kappa shape index (κ3) is 2.87. The SMILES string of the molecule is CC(=O)N1CC(C(=O)Nc2ccc([N+](=O)[O-])cc2)C1. The number of rotatable bonds is 3. The summed E-state index contributed by atoms with van der Waals surface area (Å²) >= 11 is 0. The number of hydrogen-bond donors (Lipinski definition) is 1. The summed E-state index contributed by atoms with van der Waals surface area (Å²) in [4.78, 5) is 34.3. The van der Waals surface area contributed by atoms with Gasteiger partial charge in [0.1, 0.15) is 0 Å². The summed E-state index contributed by atoms with van der Waals surface area (Å²) in [5, 5.41) is 13.1. The van der Waals surface area contributed by atoms with Crippen molar-refractivity contribution in [3.05, 3.63) is 34.4 Å². The Bertz CT molecular complexity index is 520. The van der Waals surface area contributed by atoms with Crippen molar-refractivity contribution in [1.82, 2.24) is 4.90 Å². The van der Waals surface area contributed by atoms with E-state index in [0.29, 0.717) is 18.8 Å². The van der Waals surface area contributed by atoms with Crippen molar-refractivity contribution in [3.8, 4) is 0 Å². The van der Waals surface area contributed by atoms with Gasteiger partial charge in [0, 0.05) is 37.8 Å². The van der Waals surface area contributed by atoms with Gasteiger partial charge in [0.05, 0.1) is 10.8 Å². The first-order chi connectivity index (χ1) is 8.97. The van der Waals surface area contributed by atoms with Crippen LogP contribution in [-0.4, -0.2) is 34.7 Å². The molecule has 1 aromatic rings. The van der Waals surface area contributed by atoms with Gasteiger partial charge in [-0.05, 0) is 12.1 Å². The van der Waals surface area contributed by atoms with E-state index in [9.17, 15) is 19.7 Å². The average Bonchev–Trinajstić information content (AvgIpc) is 2.26. The number of nitro groups is 1. The standard InChI is InChI=1S/C12H13N3O4/c1-8(16)14-6-9(7-14)12(17)13-10-2-4-11(5-3-10)15(18)19/h2-5,9H,6-7H2,1H3,(H,13,17). The maximum absolute atomic E-state index is 11.8. The molecule has 1 N–H and O–H groups in total. The number of hydrogen-bond acceptors (Lipinski definition) is 4. The van der Waals surface area contributed by atoms with E-state index in [1.165, 1.54) is 31.2 Å². The Kier molecular flexibility index (Phi) is 3.46. The highest BCUT2D eigenvalue weighted by Gasteiger charge is 2.34. The van der Waals surface area contributed by atoms with E-state index in [2.05, 4.69) is 5.32 Å². The Morgan fingerprint density at radius 3 is 2.37 bits per heavy atom. The molecular weight excluding hydrogens is 250 g/mol. The summed E-state index contributed by atoms with van der Waals surface area (Å²) < 4.78 is 0. The number of likely N-dealkylation sites (tertiary alicyclic amines) is 1. The van der Waals surface area contributed by atoms with Gasteiger partial charge in [0.15, 0.2) is 0 Å². The molecule has 0 unspecified atom stereocenters. The fourth-order valence-electron chi connectivity index (χ4n) is 1.81. The van der Waals surface area contributed by atoms with E-state index in [0.717, 1.165) is 0 Å². The summed E-state index contributed by atoms with van der Waals surface area (Å²) in [5.41, 5.74) is 0.487. The number of anilines is 1. The molecule has 7 nitrogen and oxygen atoms in total. The molecule has 7 heteroatoms. The maximum atomic E-state index is 11.8. The van der Waals surface area contributed by atoms with Crippen LogP contribution < -0.4 is 5.32 Å².